The number of aliphatic hydroxyl groups is 3. The number of hydrogen-bond donors (Lipinski definition) is 4. The van der Waals surface area contributed by atoms with Gasteiger partial charge in [-0.1, -0.05) is 57.2 Å². The highest BCUT2D eigenvalue weighted by atomic mass is 16.5. The van der Waals surface area contributed by atoms with Crippen molar-refractivity contribution in [2.24, 2.45) is 11.3 Å². The van der Waals surface area contributed by atoms with E-state index in [-0.39, 0.29) is 48.7 Å². The van der Waals surface area contributed by atoms with Crippen LogP contribution in [0.15, 0.2) is 35.1 Å². The van der Waals surface area contributed by atoms with Gasteiger partial charge in [-0.3, -0.25) is 9.36 Å². The third-order valence-corrected chi connectivity index (χ3v) is 9.02. The summed E-state index contributed by atoms with van der Waals surface area (Å²) in [7, 11) is 0. The lowest BCUT2D eigenvalue weighted by Gasteiger charge is -2.27. The summed E-state index contributed by atoms with van der Waals surface area (Å²) >= 11 is 0. The Bertz CT molecular complexity index is 1120. The number of nitrogens with zero attached hydrogens (tertiary/aromatic N) is 2. The molecule has 1 atom stereocenters. The fourth-order valence-corrected chi connectivity index (χ4v) is 6.19. The molecule has 1 aliphatic rings. The number of para-hydroxylation sites is 1. The smallest absolute Gasteiger partial charge is 0.335 e. The van der Waals surface area contributed by atoms with Crippen molar-refractivity contribution in [3.8, 4) is 11.6 Å². The zero-order valence-electron chi connectivity index (χ0n) is 25.4. The number of carbonyl (C=O) groups is 1. The number of carbonyl (C=O) groups excluding carboxylic acids is 1. The van der Waals surface area contributed by atoms with E-state index in [2.05, 4.69) is 0 Å². The molecular weight excluding hydrogens is 536 g/mol. The van der Waals surface area contributed by atoms with Crippen molar-refractivity contribution in [2.75, 3.05) is 19.8 Å². The molecule has 0 aliphatic heterocycles. The van der Waals surface area contributed by atoms with Crippen LogP contribution < -0.4 is 5.69 Å². The number of unbranched alkanes of at least 4 members (excludes halogenated alkanes) is 3. The molecule has 0 spiro atoms. The first-order chi connectivity index (χ1) is 20.3. The van der Waals surface area contributed by atoms with E-state index in [1.807, 2.05) is 25.1 Å². The Morgan fingerprint density at radius 1 is 1.00 bits per heavy atom. The second kappa shape index (κ2) is 17.5. The molecule has 0 amide bonds. The second-order valence-electron chi connectivity index (χ2n) is 12.3. The van der Waals surface area contributed by atoms with Crippen LogP contribution in [0.1, 0.15) is 103 Å². The Hall–Kier alpha value is -2.62. The number of rotatable bonds is 19. The predicted molar refractivity (Wildman–Crippen MR) is 163 cm³/mol. The normalized spacial score (nSPS) is 15.1. The van der Waals surface area contributed by atoms with Gasteiger partial charge in [-0.25, -0.2) is 9.36 Å². The minimum absolute atomic E-state index is 0.0394. The fraction of sp³-hybridized carbons (Fsp3) is 0.697. The van der Waals surface area contributed by atoms with E-state index in [1.165, 1.54) is 11.0 Å². The Morgan fingerprint density at radius 2 is 1.67 bits per heavy atom. The maximum atomic E-state index is 13.4. The first kappa shape index (κ1) is 33.9. The Morgan fingerprint density at radius 3 is 2.33 bits per heavy atom. The molecule has 9 nitrogen and oxygen atoms in total. The molecule has 3 rings (SSSR count). The summed E-state index contributed by atoms with van der Waals surface area (Å²) in [5, 5.41) is 40.5. The van der Waals surface area contributed by atoms with Crippen LogP contribution in [0.2, 0.25) is 0 Å². The molecule has 1 aromatic carbocycles. The summed E-state index contributed by atoms with van der Waals surface area (Å²) in [5.41, 5.74) is 0.664. The zero-order valence-corrected chi connectivity index (χ0v) is 25.4. The molecule has 1 heterocycles. The van der Waals surface area contributed by atoms with Crippen LogP contribution in [-0.2, 0) is 22.5 Å². The van der Waals surface area contributed by atoms with Crippen LogP contribution in [0.4, 0.5) is 0 Å². The molecule has 42 heavy (non-hydrogen) atoms. The number of imidazole rings is 1. The quantitative estimate of drug-likeness (QED) is 0.136. The molecule has 0 radical (unpaired) electrons. The van der Waals surface area contributed by atoms with Crippen LogP contribution in [0.25, 0.3) is 5.69 Å². The molecule has 1 aromatic heterocycles. The third-order valence-electron chi connectivity index (χ3n) is 9.02. The summed E-state index contributed by atoms with van der Waals surface area (Å²) < 4.78 is 8.37. The van der Waals surface area contributed by atoms with Gasteiger partial charge in [0.2, 0.25) is 5.88 Å². The highest BCUT2D eigenvalue weighted by Gasteiger charge is 2.25. The maximum absolute atomic E-state index is 13.4. The van der Waals surface area contributed by atoms with Gasteiger partial charge >= 0.3 is 11.7 Å². The number of ether oxygens (including phenoxy) is 1. The van der Waals surface area contributed by atoms with E-state index in [9.17, 15) is 30.0 Å². The van der Waals surface area contributed by atoms with Gasteiger partial charge in [0.1, 0.15) is 0 Å². The Kier molecular flexibility index (Phi) is 14.1. The van der Waals surface area contributed by atoms with Gasteiger partial charge in [-0.15, -0.1) is 0 Å². The van der Waals surface area contributed by atoms with Crippen LogP contribution in [0.5, 0.6) is 5.88 Å². The minimum atomic E-state index is -0.454. The second-order valence-corrected chi connectivity index (χ2v) is 12.3. The molecule has 2 aromatic rings. The van der Waals surface area contributed by atoms with E-state index < -0.39 is 6.10 Å². The monoisotopic (exact) mass is 588 g/mol. The molecule has 236 valence electrons. The zero-order chi connectivity index (χ0) is 30.4. The van der Waals surface area contributed by atoms with Crippen molar-refractivity contribution in [3.63, 3.8) is 0 Å². The fourth-order valence-electron chi connectivity index (χ4n) is 6.19. The first-order valence-corrected chi connectivity index (χ1v) is 15.9. The molecule has 4 N–H and O–H groups in total. The van der Waals surface area contributed by atoms with Gasteiger partial charge in [0.25, 0.3) is 0 Å². The largest absolute Gasteiger partial charge is 0.493 e. The van der Waals surface area contributed by atoms with Crippen molar-refractivity contribution in [1.82, 2.24) is 9.13 Å². The molecular formula is C33H52N2O7. The van der Waals surface area contributed by atoms with Gasteiger partial charge in [-0.2, -0.15) is 0 Å². The average Bonchev–Trinajstić information content (AvgIpc) is 3.22. The number of benzene rings is 1. The predicted octanol–water partition coefficient (Wildman–Crippen LogP) is 4.87. The molecule has 1 aliphatic carbocycles. The van der Waals surface area contributed by atoms with E-state index >= 15 is 0 Å². The van der Waals surface area contributed by atoms with Crippen LogP contribution in [0, 0.1) is 11.3 Å². The summed E-state index contributed by atoms with van der Waals surface area (Å²) in [5.74, 6) is -0.00961. The Balaban J connectivity index is 1.51. The van der Waals surface area contributed by atoms with Crippen LogP contribution >= 0.6 is 0 Å². The van der Waals surface area contributed by atoms with Crippen molar-refractivity contribution in [2.45, 2.75) is 116 Å². The maximum Gasteiger partial charge on any atom is 0.335 e. The lowest BCUT2D eigenvalue weighted by Crippen LogP contribution is -2.29. The lowest BCUT2D eigenvalue weighted by molar-refractivity contribution is -0.144. The summed E-state index contributed by atoms with van der Waals surface area (Å²) in [6.45, 7) is 2.70. The number of hydrogen-bond acceptors (Lipinski definition) is 7. The van der Waals surface area contributed by atoms with E-state index in [1.54, 1.807) is 16.7 Å². The highest BCUT2D eigenvalue weighted by Crippen LogP contribution is 2.30. The van der Waals surface area contributed by atoms with Gasteiger partial charge < -0.3 is 25.2 Å². The van der Waals surface area contributed by atoms with Crippen molar-refractivity contribution >= 4 is 5.97 Å². The van der Waals surface area contributed by atoms with Crippen LogP contribution in [-0.4, -0.2) is 61.5 Å². The average molecular weight is 589 g/mol. The van der Waals surface area contributed by atoms with Gasteiger partial charge in [0.05, 0.1) is 24.1 Å². The minimum Gasteiger partial charge on any atom is -0.493 e. The first-order valence-electron chi connectivity index (χ1n) is 15.9. The Labute approximate surface area is 250 Å². The summed E-state index contributed by atoms with van der Waals surface area (Å²) in [4.78, 5) is 25.6. The van der Waals surface area contributed by atoms with E-state index in [4.69, 9.17) is 4.74 Å². The lowest BCUT2D eigenvalue weighted by atomic mass is 9.81. The molecule has 0 bridgehead atoms. The molecule has 1 unspecified atom stereocenters. The van der Waals surface area contributed by atoms with E-state index in [0.29, 0.717) is 62.9 Å². The molecule has 9 heteroatoms. The SMILES string of the molecule is CC(CCO)(CCO)CCOC(=O)CCCCCCc1c(O)n(-c2ccccc2)c(=O)n1CCC(O)C1CCCCC1. The van der Waals surface area contributed by atoms with E-state index in [0.717, 1.165) is 44.9 Å². The standard InChI is InChI=1S/C33H52N2O7/c1-33(19-23-36,20-24-37)21-25-42-30(39)17-11-3-2-10-16-28-31(40)35(27-14-8-5-9-15-27)32(41)34(28)22-18-29(38)26-12-6-4-7-13-26/h5,8-9,14-15,26,29,36-38,40H,2-4,6-7,10-13,16-25H2,1H3. The molecule has 1 fully saturated rings. The van der Waals surface area contributed by atoms with Crippen LogP contribution in [0.3, 0.4) is 0 Å². The van der Waals surface area contributed by atoms with Crippen molar-refractivity contribution < 1.29 is 30.0 Å². The molecule has 1 saturated carbocycles. The van der Waals surface area contributed by atoms with Gasteiger partial charge in [-0.05, 0) is 81.3 Å². The number of esters is 1. The third kappa shape index (κ3) is 9.99. The highest BCUT2D eigenvalue weighted by molar-refractivity contribution is 5.69. The van der Waals surface area contributed by atoms with Crippen molar-refractivity contribution in [3.05, 3.63) is 46.5 Å². The number of aliphatic hydroxyl groups excluding tert-OH is 3. The topological polar surface area (TPSA) is 134 Å². The summed E-state index contributed by atoms with van der Waals surface area (Å²) in [6.07, 6.45) is 11.3. The van der Waals surface area contributed by atoms with Gasteiger partial charge in [0.15, 0.2) is 0 Å². The van der Waals surface area contributed by atoms with Gasteiger partial charge in [0, 0.05) is 26.2 Å². The number of aromatic hydroxyl groups is 1. The van der Waals surface area contributed by atoms with Crippen molar-refractivity contribution in [1.29, 1.82) is 0 Å². The summed E-state index contributed by atoms with van der Waals surface area (Å²) in [6, 6.07) is 9.12. The number of aromatic nitrogens is 2. The molecule has 0 saturated heterocycles.